The molecule has 2 aromatic rings. The number of thiophene rings is 1. The molecule has 0 aliphatic carbocycles. The van der Waals surface area contributed by atoms with Crippen molar-refractivity contribution in [3.8, 4) is 0 Å². The van der Waals surface area contributed by atoms with Gasteiger partial charge in [0.15, 0.2) is 0 Å². The van der Waals surface area contributed by atoms with Gasteiger partial charge in [0.05, 0.1) is 11.3 Å². The quantitative estimate of drug-likeness (QED) is 0.748. The summed E-state index contributed by atoms with van der Waals surface area (Å²) in [6, 6.07) is 13.5. The first-order valence-corrected chi connectivity index (χ1v) is 9.37. The first kappa shape index (κ1) is 21.1. The van der Waals surface area contributed by atoms with Gasteiger partial charge in [0, 0.05) is 26.2 Å². The average molecular weight is 404 g/mol. The van der Waals surface area contributed by atoms with Gasteiger partial charge in [0.2, 0.25) is 5.91 Å². The number of aliphatic carboxylic acids is 2. The van der Waals surface area contributed by atoms with Crippen molar-refractivity contribution in [3.05, 3.63) is 58.3 Å². The molecule has 28 heavy (non-hydrogen) atoms. The van der Waals surface area contributed by atoms with E-state index in [1.54, 1.807) is 0 Å². The minimum atomic E-state index is -1.82. The molecule has 2 heterocycles. The van der Waals surface area contributed by atoms with Crippen molar-refractivity contribution in [2.75, 3.05) is 26.2 Å². The summed E-state index contributed by atoms with van der Waals surface area (Å²) in [5.41, 5.74) is 1.03. The number of hydrogen-bond donors (Lipinski definition) is 2. The molecule has 1 aromatic carbocycles. The molecule has 9 heteroatoms. The van der Waals surface area contributed by atoms with Crippen molar-refractivity contribution in [1.29, 1.82) is 0 Å². The fraction of sp³-hybridized carbons (Fsp3) is 0.263. The van der Waals surface area contributed by atoms with Gasteiger partial charge in [-0.05, 0) is 17.0 Å². The van der Waals surface area contributed by atoms with Gasteiger partial charge in [-0.3, -0.25) is 9.59 Å². The summed E-state index contributed by atoms with van der Waals surface area (Å²) >= 11 is 1.46. The molecular weight excluding hydrogens is 384 g/mol. The van der Waals surface area contributed by atoms with Crippen LogP contribution in [0.2, 0.25) is 0 Å². The Morgan fingerprint density at radius 1 is 0.821 bits per heavy atom. The second kappa shape index (κ2) is 10.2. The van der Waals surface area contributed by atoms with Crippen LogP contribution in [0, 0.1) is 0 Å². The van der Waals surface area contributed by atoms with E-state index in [2.05, 4.69) is 0 Å². The molecule has 3 rings (SSSR count). The molecule has 8 nitrogen and oxygen atoms in total. The number of carboxylic acids is 2. The number of benzene rings is 1. The van der Waals surface area contributed by atoms with E-state index < -0.39 is 11.9 Å². The first-order chi connectivity index (χ1) is 13.4. The Morgan fingerprint density at radius 3 is 1.89 bits per heavy atom. The molecule has 1 saturated heterocycles. The highest BCUT2D eigenvalue weighted by Crippen LogP contribution is 2.14. The summed E-state index contributed by atoms with van der Waals surface area (Å²) in [5.74, 6) is -3.44. The van der Waals surface area contributed by atoms with Gasteiger partial charge in [-0.1, -0.05) is 36.4 Å². The first-order valence-electron chi connectivity index (χ1n) is 8.49. The summed E-state index contributed by atoms with van der Waals surface area (Å²) in [7, 11) is 0. The summed E-state index contributed by atoms with van der Waals surface area (Å²) in [5, 5.41) is 16.7. The fourth-order valence-corrected chi connectivity index (χ4v) is 3.29. The Hall–Kier alpha value is -3.20. The molecule has 0 bridgehead atoms. The molecule has 0 spiro atoms. The maximum absolute atomic E-state index is 12.3. The third-order valence-electron chi connectivity index (χ3n) is 4.03. The van der Waals surface area contributed by atoms with Gasteiger partial charge in [0.1, 0.15) is 0 Å². The molecule has 1 aromatic heterocycles. The van der Waals surface area contributed by atoms with Crippen molar-refractivity contribution in [1.82, 2.24) is 9.80 Å². The van der Waals surface area contributed by atoms with Crippen LogP contribution in [-0.2, 0) is 20.8 Å². The Bertz CT molecular complexity index is 802. The Balaban J connectivity index is 0.000000409. The summed E-state index contributed by atoms with van der Waals surface area (Å²) in [6.07, 6.45) is 0.430. The van der Waals surface area contributed by atoms with Crippen molar-refractivity contribution >= 4 is 35.1 Å². The normalized spacial score (nSPS) is 13.3. The third kappa shape index (κ3) is 6.20. The average Bonchev–Trinajstić information content (AvgIpc) is 3.23. The molecule has 2 amide bonds. The Morgan fingerprint density at radius 2 is 1.39 bits per heavy atom. The van der Waals surface area contributed by atoms with Crippen LogP contribution in [-0.4, -0.2) is 69.9 Å². The van der Waals surface area contributed by atoms with Crippen LogP contribution in [0.3, 0.4) is 0 Å². The van der Waals surface area contributed by atoms with E-state index in [0.717, 1.165) is 10.4 Å². The zero-order valence-corrected chi connectivity index (χ0v) is 15.8. The van der Waals surface area contributed by atoms with Crippen LogP contribution in [0.15, 0.2) is 47.8 Å². The van der Waals surface area contributed by atoms with Crippen LogP contribution in [0.1, 0.15) is 15.2 Å². The number of nitrogens with zero attached hydrogens (tertiary/aromatic N) is 2. The molecule has 0 radical (unpaired) electrons. The molecule has 0 saturated carbocycles. The molecule has 0 unspecified atom stereocenters. The number of amides is 2. The maximum atomic E-state index is 12.3. The van der Waals surface area contributed by atoms with Crippen LogP contribution in [0.4, 0.5) is 0 Å². The van der Waals surface area contributed by atoms with Crippen molar-refractivity contribution in [2.45, 2.75) is 6.42 Å². The Labute approximate surface area is 165 Å². The number of piperazine rings is 1. The summed E-state index contributed by atoms with van der Waals surface area (Å²) in [4.78, 5) is 47.2. The minimum Gasteiger partial charge on any atom is -0.473 e. The van der Waals surface area contributed by atoms with Gasteiger partial charge in [-0.25, -0.2) is 9.59 Å². The summed E-state index contributed by atoms with van der Waals surface area (Å²) < 4.78 is 0. The lowest BCUT2D eigenvalue weighted by atomic mass is 10.1. The number of hydrogen-bond acceptors (Lipinski definition) is 5. The van der Waals surface area contributed by atoms with E-state index in [4.69, 9.17) is 19.8 Å². The zero-order valence-electron chi connectivity index (χ0n) is 15.0. The van der Waals surface area contributed by atoms with Crippen molar-refractivity contribution in [2.24, 2.45) is 0 Å². The van der Waals surface area contributed by atoms with Crippen LogP contribution in [0.5, 0.6) is 0 Å². The lowest BCUT2D eigenvalue weighted by Gasteiger charge is -2.34. The highest BCUT2D eigenvalue weighted by molar-refractivity contribution is 7.12. The molecule has 148 valence electrons. The molecule has 1 fully saturated rings. The SMILES string of the molecule is O=C(Cc1ccccc1)N1CCN(C(=O)c2cccs2)CC1.O=C(O)C(=O)O. The molecule has 1 aliphatic rings. The third-order valence-corrected chi connectivity index (χ3v) is 4.89. The van der Waals surface area contributed by atoms with Crippen molar-refractivity contribution in [3.63, 3.8) is 0 Å². The van der Waals surface area contributed by atoms with Gasteiger partial charge >= 0.3 is 11.9 Å². The zero-order chi connectivity index (χ0) is 20.5. The second-order valence-electron chi connectivity index (χ2n) is 5.92. The minimum absolute atomic E-state index is 0.0742. The van der Waals surface area contributed by atoms with E-state index in [0.29, 0.717) is 32.6 Å². The van der Waals surface area contributed by atoms with Gasteiger partial charge < -0.3 is 20.0 Å². The van der Waals surface area contributed by atoms with Crippen LogP contribution >= 0.6 is 11.3 Å². The number of carbonyl (C=O) groups is 4. The van der Waals surface area contributed by atoms with Gasteiger partial charge in [-0.15, -0.1) is 11.3 Å². The molecule has 0 atom stereocenters. The van der Waals surface area contributed by atoms with E-state index >= 15 is 0 Å². The van der Waals surface area contributed by atoms with E-state index in [1.807, 2.05) is 57.6 Å². The second-order valence-corrected chi connectivity index (χ2v) is 6.87. The van der Waals surface area contributed by atoms with E-state index in [-0.39, 0.29) is 11.8 Å². The summed E-state index contributed by atoms with van der Waals surface area (Å²) in [6.45, 7) is 2.44. The Kier molecular flexibility index (Phi) is 7.70. The topological polar surface area (TPSA) is 115 Å². The highest BCUT2D eigenvalue weighted by Gasteiger charge is 2.25. The van der Waals surface area contributed by atoms with Crippen molar-refractivity contribution < 1.29 is 29.4 Å². The maximum Gasteiger partial charge on any atom is 0.414 e. The smallest absolute Gasteiger partial charge is 0.414 e. The number of carboxylic acid groups (broad SMARTS) is 2. The largest absolute Gasteiger partial charge is 0.473 e. The fourth-order valence-electron chi connectivity index (χ4n) is 2.60. The number of rotatable bonds is 3. The standard InChI is InChI=1S/C17H18N2O2S.C2H2O4/c20-16(13-14-5-2-1-3-6-14)18-8-10-19(11-9-18)17(21)15-7-4-12-22-15;3-1(4)2(5)6/h1-7,12H,8-11,13H2;(H,3,4)(H,5,6). The van der Waals surface area contributed by atoms with E-state index in [1.165, 1.54) is 11.3 Å². The predicted octanol–water partition coefficient (Wildman–Crippen LogP) is 1.43. The van der Waals surface area contributed by atoms with Gasteiger partial charge in [-0.2, -0.15) is 0 Å². The number of carbonyl (C=O) groups excluding carboxylic acids is 2. The lowest BCUT2D eigenvalue weighted by Crippen LogP contribution is -2.50. The predicted molar refractivity (Wildman–Crippen MR) is 102 cm³/mol. The van der Waals surface area contributed by atoms with Crippen LogP contribution < -0.4 is 0 Å². The molecule has 2 N–H and O–H groups in total. The monoisotopic (exact) mass is 404 g/mol. The van der Waals surface area contributed by atoms with Crippen LogP contribution in [0.25, 0.3) is 0 Å². The van der Waals surface area contributed by atoms with Gasteiger partial charge in [0.25, 0.3) is 5.91 Å². The molecule has 1 aliphatic heterocycles. The molecular formula is C19H20N2O6S. The highest BCUT2D eigenvalue weighted by atomic mass is 32.1. The lowest BCUT2D eigenvalue weighted by molar-refractivity contribution is -0.159. The van der Waals surface area contributed by atoms with E-state index in [9.17, 15) is 9.59 Å².